The second-order valence-electron chi connectivity index (χ2n) is 6.74. The van der Waals surface area contributed by atoms with Gasteiger partial charge in [0.2, 0.25) is 5.91 Å². The van der Waals surface area contributed by atoms with Crippen LogP contribution >= 0.6 is 23.1 Å². The second-order valence-corrected chi connectivity index (χ2v) is 8.91. The van der Waals surface area contributed by atoms with Crippen molar-refractivity contribution in [3.63, 3.8) is 0 Å². The summed E-state index contributed by atoms with van der Waals surface area (Å²) in [6.45, 7) is 4.78. The molecule has 1 aromatic carbocycles. The van der Waals surface area contributed by atoms with Gasteiger partial charge >= 0.3 is 0 Å². The Bertz CT molecular complexity index is 951. The number of thiophene rings is 1. The molecule has 3 aromatic rings. The van der Waals surface area contributed by atoms with Gasteiger partial charge in [-0.05, 0) is 37.1 Å². The van der Waals surface area contributed by atoms with E-state index >= 15 is 0 Å². The fourth-order valence-corrected chi connectivity index (χ4v) is 4.82. The van der Waals surface area contributed by atoms with E-state index in [0.29, 0.717) is 12.3 Å². The zero-order valence-electron chi connectivity index (χ0n) is 16.3. The molecule has 0 saturated heterocycles. The van der Waals surface area contributed by atoms with Crippen molar-refractivity contribution in [2.45, 2.75) is 25.4 Å². The van der Waals surface area contributed by atoms with Crippen LogP contribution in [0.4, 0.5) is 5.69 Å². The lowest BCUT2D eigenvalue weighted by atomic mass is 10.2. The number of thioether (sulfide) groups is 1. The molecule has 1 amide bonds. The Morgan fingerprint density at radius 1 is 1.11 bits per heavy atom. The lowest BCUT2D eigenvalue weighted by Gasteiger charge is -2.18. The highest BCUT2D eigenvalue weighted by molar-refractivity contribution is 8.00. The Labute approximate surface area is 168 Å². The molecule has 2 heterocycles. The van der Waals surface area contributed by atoms with E-state index in [2.05, 4.69) is 53.0 Å². The molecule has 0 saturated carbocycles. The van der Waals surface area contributed by atoms with Gasteiger partial charge in [-0.2, -0.15) is 0 Å². The lowest BCUT2D eigenvalue weighted by Crippen LogP contribution is -2.27. The first-order chi connectivity index (χ1) is 12.9. The summed E-state index contributed by atoms with van der Waals surface area (Å²) in [7, 11) is 5.88. The van der Waals surface area contributed by atoms with Gasteiger partial charge in [0.1, 0.15) is 16.2 Å². The van der Waals surface area contributed by atoms with E-state index in [1.165, 1.54) is 22.2 Å². The number of hydrogen-bond acceptors (Lipinski definition) is 6. The quantitative estimate of drug-likeness (QED) is 0.460. The molecular formula is C20H24N4OS2. The Hall–Kier alpha value is -2.12. The van der Waals surface area contributed by atoms with Gasteiger partial charge in [-0.1, -0.05) is 23.9 Å². The predicted molar refractivity (Wildman–Crippen MR) is 115 cm³/mol. The first-order valence-corrected chi connectivity index (χ1v) is 10.5. The molecular weight excluding hydrogens is 376 g/mol. The van der Waals surface area contributed by atoms with E-state index in [1.54, 1.807) is 22.6 Å². The smallest absolute Gasteiger partial charge is 0.233 e. The summed E-state index contributed by atoms with van der Waals surface area (Å²) in [5.41, 5.74) is 3.48. The summed E-state index contributed by atoms with van der Waals surface area (Å²) in [4.78, 5) is 27.4. The minimum absolute atomic E-state index is 0.0908. The fraction of sp³-hybridized carbons (Fsp3) is 0.350. The number of carbonyl (C=O) groups excluding carboxylic acids is 1. The molecule has 7 heteroatoms. The van der Waals surface area contributed by atoms with Crippen LogP contribution in [0.15, 0.2) is 35.6 Å². The average Bonchev–Trinajstić information content (AvgIpc) is 2.94. The number of aromatic nitrogens is 2. The third-order valence-corrected chi connectivity index (χ3v) is 6.65. The third-order valence-electron chi connectivity index (χ3n) is 4.56. The molecule has 0 atom stereocenters. The van der Waals surface area contributed by atoms with E-state index in [1.807, 2.05) is 21.1 Å². The molecule has 0 N–H and O–H groups in total. The largest absolute Gasteiger partial charge is 0.378 e. The van der Waals surface area contributed by atoms with E-state index < -0.39 is 0 Å². The van der Waals surface area contributed by atoms with E-state index in [9.17, 15) is 4.79 Å². The maximum atomic E-state index is 12.6. The van der Waals surface area contributed by atoms with Gasteiger partial charge in [-0.3, -0.25) is 4.79 Å². The molecule has 0 fully saturated rings. The van der Waals surface area contributed by atoms with Crippen molar-refractivity contribution < 1.29 is 4.79 Å². The summed E-state index contributed by atoms with van der Waals surface area (Å²) < 4.78 is 0. The van der Waals surface area contributed by atoms with Gasteiger partial charge in [0.25, 0.3) is 0 Å². The van der Waals surface area contributed by atoms with Crippen molar-refractivity contribution in [3.05, 3.63) is 46.6 Å². The topological polar surface area (TPSA) is 49.3 Å². The number of anilines is 1. The maximum absolute atomic E-state index is 12.6. The molecule has 5 nitrogen and oxygen atoms in total. The standard InChI is InChI=1S/C20H24N4OS2/c1-13-14(2)27-20-18(13)19(21-12-22-20)26-11-17(25)24(5)10-15-6-8-16(9-7-15)23(3)4/h6-9,12H,10-11H2,1-5H3. The predicted octanol–water partition coefficient (Wildman–Crippen LogP) is 4.12. The van der Waals surface area contributed by atoms with E-state index in [-0.39, 0.29) is 5.91 Å². The lowest BCUT2D eigenvalue weighted by molar-refractivity contribution is -0.127. The summed E-state index contributed by atoms with van der Waals surface area (Å²) in [5, 5.41) is 1.97. The number of aryl methyl sites for hydroxylation is 2. The minimum atomic E-state index is 0.0908. The molecule has 0 radical (unpaired) electrons. The Morgan fingerprint density at radius 2 is 1.81 bits per heavy atom. The van der Waals surface area contributed by atoms with Crippen LogP contribution in [0.1, 0.15) is 16.0 Å². The number of nitrogens with zero attached hydrogens (tertiary/aromatic N) is 4. The van der Waals surface area contributed by atoms with Crippen molar-refractivity contribution in [3.8, 4) is 0 Å². The monoisotopic (exact) mass is 400 g/mol. The fourth-order valence-electron chi connectivity index (χ4n) is 2.76. The highest BCUT2D eigenvalue weighted by Crippen LogP contribution is 2.34. The van der Waals surface area contributed by atoms with Crippen molar-refractivity contribution in [1.29, 1.82) is 0 Å². The normalized spacial score (nSPS) is 11.0. The van der Waals surface area contributed by atoms with Crippen molar-refractivity contribution in [1.82, 2.24) is 14.9 Å². The summed E-state index contributed by atoms with van der Waals surface area (Å²) in [6.07, 6.45) is 1.58. The molecule has 0 aliphatic heterocycles. The number of hydrogen-bond donors (Lipinski definition) is 0. The highest BCUT2D eigenvalue weighted by Gasteiger charge is 2.15. The van der Waals surface area contributed by atoms with Crippen molar-refractivity contribution in [2.24, 2.45) is 0 Å². The number of rotatable bonds is 6. The molecule has 142 valence electrons. The molecule has 0 unspecified atom stereocenters. The number of amides is 1. The molecule has 27 heavy (non-hydrogen) atoms. The van der Waals surface area contributed by atoms with Crippen LogP contribution in [0.3, 0.4) is 0 Å². The van der Waals surface area contributed by atoms with E-state index in [0.717, 1.165) is 26.5 Å². The molecule has 3 rings (SSSR count). The Morgan fingerprint density at radius 3 is 2.48 bits per heavy atom. The van der Waals surface area contributed by atoms with Crippen molar-refractivity contribution >= 4 is 44.9 Å². The number of benzene rings is 1. The van der Waals surface area contributed by atoms with Crippen LogP contribution in [0.25, 0.3) is 10.2 Å². The van der Waals surface area contributed by atoms with E-state index in [4.69, 9.17) is 0 Å². The summed E-state index contributed by atoms with van der Waals surface area (Å²) in [6, 6.07) is 8.28. The Kier molecular flexibility index (Phi) is 6.01. The summed E-state index contributed by atoms with van der Waals surface area (Å²) >= 11 is 3.16. The number of fused-ring (bicyclic) bond motifs is 1. The van der Waals surface area contributed by atoms with Gasteiger partial charge < -0.3 is 9.80 Å². The maximum Gasteiger partial charge on any atom is 0.233 e. The van der Waals surface area contributed by atoms with Gasteiger partial charge in [0, 0.05) is 43.6 Å². The zero-order valence-corrected chi connectivity index (χ0v) is 17.9. The van der Waals surface area contributed by atoms with Gasteiger partial charge in [0.15, 0.2) is 0 Å². The van der Waals surface area contributed by atoms with Gasteiger partial charge in [0.05, 0.1) is 5.75 Å². The van der Waals surface area contributed by atoms with Crippen LogP contribution < -0.4 is 4.90 Å². The van der Waals surface area contributed by atoms with Crippen LogP contribution in [-0.4, -0.2) is 47.7 Å². The summed E-state index contributed by atoms with van der Waals surface area (Å²) in [5.74, 6) is 0.459. The number of carbonyl (C=O) groups is 1. The zero-order chi connectivity index (χ0) is 19.6. The van der Waals surface area contributed by atoms with Crippen LogP contribution in [0.5, 0.6) is 0 Å². The molecule has 0 aliphatic carbocycles. The average molecular weight is 401 g/mol. The van der Waals surface area contributed by atoms with Crippen LogP contribution in [-0.2, 0) is 11.3 Å². The molecule has 0 bridgehead atoms. The first kappa shape index (κ1) is 19.6. The van der Waals surface area contributed by atoms with Crippen molar-refractivity contribution in [2.75, 3.05) is 31.8 Å². The Balaban J connectivity index is 1.64. The first-order valence-electron chi connectivity index (χ1n) is 8.70. The molecule has 2 aromatic heterocycles. The molecule has 0 spiro atoms. The van der Waals surface area contributed by atoms with Crippen LogP contribution in [0.2, 0.25) is 0 Å². The third kappa shape index (κ3) is 4.42. The second kappa shape index (κ2) is 8.27. The SMILES string of the molecule is Cc1sc2ncnc(SCC(=O)N(C)Cc3ccc(N(C)C)cc3)c2c1C. The highest BCUT2D eigenvalue weighted by atomic mass is 32.2. The van der Waals surface area contributed by atoms with Gasteiger partial charge in [-0.15, -0.1) is 11.3 Å². The van der Waals surface area contributed by atoms with Crippen LogP contribution in [0, 0.1) is 13.8 Å². The molecule has 0 aliphatic rings. The van der Waals surface area contributed by atoms with Gasteiger partial charge in [-0.25, -0.2) is 9.97 Å². The minimum Gasteiger partial charge on any atom is -0.378 e.